The van der Waals surface area contributed by atoms with E-state index in [9.17, 15) is 0 Å². The molecule has 2 rings (SSSR count). The fraction of sp³-hybridized carbons (Fsp3) is 0.125. The summed E-state index contributed by atoms with van der Waals surface area (Å²) in [6.45, 7) is 0. The van der Waals surface area contributed by atoms with Gasteiger partial charge in [0, 0.05) is 12.4 Å². The van der Waals surface area contributed by atoms with Gasteiger partial charge in [0.2, 0.25) is 0 Å². The molecular formula is C8H5BrCl2N2. The van der Waals surface area contributed by atoms with Crippen molar-refractivity contribution in [1.29, 1.82) is 0 Å². The van der Waals surface area contributed by atoms with Crippen molar-refractivity contribution in [2.45, 2.75) is 5.88 Å². The molecule has 2 aromatic rings. The summed E-state index contributed by atoms with van der Waals surface area (Å²) in [4.78, 5) is 4.30. The van der Waals surface area contributed by atoms with E-state index in [2.05, 4.69) is 20.9 Å². The van der Waals surface area contributed by atoms with Crippen LogP contribution in [0.3, 0.4) is 0 Å². The molecule has 0 saturated carbocycles. The summed E-state index contributed by atoms with van der Waals surface area (Å²) in [5.41, 5.74) is 1.67. The summed E-state index contributed by atoms with van der Waals surface area (Å²) in [6, 6.07) is 1.81. The molecule has 0 aliphatic rings. The molecule has 68 valence electrons. The Kier molecular flexibility index (Phi) is 2.49. The molecule has 0 spiro atoms. The van der Waals surface area contributed by atoms with E-state index in [4.69, 9.17) is 23.2 Å². The number of alkyl halides is 1. The number of hydrogen-bond donors (Lipinski definition) is 0. The molecule has 5 heteroatoms. The van der Waals surface area contributed by atoms with Gasteiger partial charge in [0.05, 0.1) is 21.1 Å². The molecule has 0 radical (unpaired) electrons. The maximum absolute atomic E-state index is 5.86. The van der Waals surface area contributed by atoms with Crippen LogP contribution in [0.2, 0.25) is 5.02 Å². The lowest BCUT2D eigenvalue weighted by Crippen LogP contribution is -1.83. The van der Waals surface area contributed by atoms with E-state index in [-0.39, 0.29) is 0 Å². The monoisotopic (exact) mass is 278 g/mol. The highest BCUT2D eigenvalue weighted by atomic mass is 79.9. The van der Waals surface area contributed by atoms with Crippen molar-refractivity contribution in [2.24, 2.45) is 0 Å². The molecule has 0 atom stereocenters. The highest BCUT2D eigenvalue weighted by Gasteiger charge is 2.04. The Morgan fingerprint density at radius 1 is 1.46 bits per heavy atom. The van der Waals surface area contributed by atoms with Crippen LogP contribution in [0.4, 0.5) is 0 Å². The lowest BCUT2D eigenvalue weighted by atomic mass is 10.5. The predicted octanol–water partition coefficient (Wildman–Crippen LogP) is 3.49. The van der Waals surface area contributed by atoms with Crippen molar-refractivity contribution in [3.8, 4) is 0 Å². The average Bonchev–Trinajstić information content (AvgIpc) is 2.47. The summed E-state index contributed by atoms with van der Waals surface area (Å²) < 4.78 is 2.72. The zero-order valence-corrected chi connectivity index (χ0v) is 9.57. The average molecular weight is 280 g/mol. The number of nitrogens with zero attached hydrogens (tertiary/aromatic N) is 2. The summed E-state index contributed by atoms with van der Waals surface area (Å²) in [6.07, 6.45) is 3.66. The van der Waals surface area contributed by atoms with E-state index in [1.165, 1.54) is 0 Å². The molecular weight excluding hydrogens is 275 g/mol. The van der Waals surface area contributed by atoms with E-state index < -0.39 is 0 Å². The molecule has 0 fully saturated rings. The third-order valence-corrected chi connectivity index (χ3v) is 2.72. The smallest absolute Gasteiger partial charge is 0.151 e. The van der Waals surface area contributed by atoms with Crippen LogP contribution in [0.15, 0.2) is 22.9 Å². The lowest BCUT2D eigenvalue weighted by Gasteiger charge is -1.96. The molecule has 0 saturated heterocycles. The normalized spacial score (nSPS) is 11.0. The largest absolute Gasteiger partial charge is 0.304 e. The molecule has 0 aromatic carbocycles. The van der Waals surface area contributed by atoms with E-state index in [0.29, 0.717) is 10.9 Å². The van der Waals surface area contributed by atoms with Gasteiger partial charge in [-0.3, -0.25) is 0 Å². The van der Waals surface area contributed by atoms with Gasteiger partial charge in [-0.05, 0) is 22.0 Å². The molecule has 0 bridgehead atoms. The van der Waals surface area contributed by atoms with Crippen LogP contribution in [0.1, 0.15) is 5.69 Å². The van der Waals surface area contributed by atoms with Gasteiger partial charge in [0.15, 0.2) is 5.65 Å². The van der Waals surface area contributed by atoms with Gasteiger partial charge in [-0.15, -0.1) is 11.6 Å². The second-order valence-electron chi connectivity index (χ2n) is 2.60. The van der Waals surface area contributed by atoms with E-state index >= 15 is 0 Å². The maximum atomic E-state index is 5.86. The van der Waals surface area contributed by atoms with Gasteiger partial charge in [-0.25, -0.2) is 4.98 Å². The Bertz CT molecular complexity index is 453. The highest BCUT2D eigenvalue weighted by Crippen LogP contribution is 2.22. The van der Waals surface area contributed by atoms with Crippen LogP contribution in [-0.4, -0.2) is 9.38 Å². The van der Waals surface area contributed by atoms with E-state index in [1.54, 1.807) is 6.20 Å². The standard InChI is InChI=1S/C8H5BrCl2N2/c9-7-1-5(11)3-13-4-6(2-10)12-8(7)13/h1,3-4H,2H2. The van der Waals surface area contributed by atoms with Crippen molar-refractivity contribution >= 4 is 44.8 Å². The second kappa shape index (κ2) is 3.48. The summed E-state index contributed by atoms with van der Waals surface area (Å²) in [5.74, 6) is 0.408. The number of aromatic nitrogens is 2. The third-order valence-electron chi connectivity index (χ3n) is 1.66. The molecule has 0 aliphatic heterocycles. The van der Waals surface area contributed by atoms with Crippen LogP contribution >= 0.6 is 39.1 Å². The zero-order valence-electron chi connectivity index (χ0n) is 6.47. The topological polar surface area (TPSA) is 17.3 Å². The van der Waals surface area contributed by atoms with Crippen molar-refractivity contribution < 1.29 is 0 Å². The van der Waals surface area contributed by atoms with Crippen LogP contribution in [-0.2, 0) is 5.88 Å². The molecule has 0 unspecified atom stereocenters. The quantitative estimate of drug-likeness (QED) is 0.731. The van der Waals surface area contributed by atoms with E-state index in [0.717, 1.165) is 15.8 Å². The van der Waals surface area contributed by atoms with Crippen molar-refractivity contribution in [3.05, 3.63) is 33.6 Å². The van der Waals surface area contributed by atoms with Gasteiger partial charge in [-0.2, -0.15) is 0 Å². The maximum Gasteiger partial charge on any atom is 0.151 e. The molecule has 2 nitrogen and oxygen atoms in total. The Morgan fingerprint density at radius 2 is 2.23 bits per heavy atom. The Hall–Kier alpha value is -0.250. The first kappa shape index (κ1) is 9.31. The van der Waals surface area contributed by atoms with Crippen molar-refractivity contribution in [3.63, 3.8) is 0 Å². The molecule has 0 amide bonds. The number of imidazole rings is 1. The summed E-state index contributed by atoms with van der Waals surface area (Å²) in [7, 11) is 0. The first-order valence-corrected chi connectivity index (χ1v) is 5.30. The molecule has 0 aliphatic carbocycles. The molecule has 2 heterocycles. The fourth-order valence-corrected chi connectivity index (χ4v) is 2.15. The van der Waals surface area contributed by atoms with Crippen molar-refractivity contribution in [1.82, 2.24) is 9.38 Å². The van der Waals surface area contributed by atoms with Crippen LogP contribution in [0.5, 0.6) is 0 Å². The molecule has 0 N–H and O–H groups in total. The van der Waals surface area contributed by atoms with Crippen LogP contribution in [0, 0.1) is 0 Å². The second-order valence-corrected chi connectivity index (χ2v) is 4.16. The van der Waals surface area contributed by atoms with Crippen molar-refractivity contribution in [2.75, 3.05) is 0 Å². The van der Waals surface area contributed by atoms with E-state index in [1.807, 2.05) is 16.7 Å². The zero-order chi connectivity index (χ0) is 9.42. The number of fused-ring (bicyclic) bond motifs is 1. The first-order valence-electron chi connectivity index (χ1n) is 3.59. The minimum absolute atomic E-state index is 0.408. The molecule has 13 heavy (non-hydrogen) atoms. The Labute approximate surface area is 93.6 Å². The van der Waals surface area contributed by atoms with Gasteiger partial charge >= 0.3 is 0 Å². The number of pyridine rings is 1. The SMILES string of the molecule is ClCc1cn2cc(Cl)cc(Br)c2n1. The minimum atomic E-state index is 0.408. The summed E-state index contributed by atoms with van der Waals surface area (Å²) in [5, 5.41) is 0.665. The van der Waals surface area contributed by atoms with Gasteiger partial charge in [-0.1, -0.05) is 11.6 Å². The third kappa shape index (κ3) is 1.68. The van der Waals surface area contributed by atoms with Gasteiger partial charge in [0.1, 0.15) is 0 Å². The number of hydrogen-bond acceptors (Lipinski definition) is 1. The van der Waals surface area contributed by atoms with Crippen LogP contribution in [0.25, 0.3) is 5.65 Å². The Balaban J connectivity index is 2.75. The highest BCUT2D eigenvalue weighted by molar-refractivity contribution is 9.10. The Morgan fingerprint density at radius 3 is 2.92 bits per heavy atom. The first-order chi connectivity index (χ1) is 6.20. The van der Waals surface area contributed by atoms with Crippen LogP contribution < -0.4 is 0 Å². The minimum Gasteiger partial charge on any atom is -0.304 e. The predicted molar refractivity (Wildman–Crippen MR) is 57.5 cm³/mol. The van der Waals surface area contributed by atoms with Gasteiger partial charge < -0.3 is 4.40 Å². The summed E-state index contributed by atoms with van der Waals surface area (Å²) >= 11 is 14.9. The molecule has 2 aromatic heterocycles. The number of rotatable bonds is 1. The van der Waals surface area contributed by atoms with Gasteiger partial charge in [0.25, 0.3) is 0 Å². The lowest BCUT2D eigenvalue weighted by molar-refractivity contribution is 1.18. The fourth-order valence-electron chi connectivity index (χ4n) is 1.14. The number of halogens is 3.